The van der Waals surface area contributed by atoms with Gasteiger partial charge < -0.3 is 19.0 Å². The van der Waals surface area contributed by atoms with Gasteiger partial charge in [-0.3, -0.25) is 0 Å². The molecule has 0 amide bonds. The lowest BCUT2D eigenvalue weighted by Crippen LogP contribution is -2.09. The molecule has 0 spiro atoms. The van der Waals surface area contributed by atoms with E-state index in [-0.39, 0.29) is 12.6 Å². The molecule has 6 nitrogen and oxygen atoms in total. The Morgan fingerprint density at radius 2 is 1.50 bits per heavy atom. The molecule has 38 heavy (non-hydrogen) atoms. The van der Waals surface area contributed by atoms with Gasteiger partial charge in [0.25, 0.3) is 0 Å². The van der Waals surface area contributed by atoms with Crippen molar-refractivity contribution < 1.29 is 32.6 Å². The van der Waals surface area contributed by atoms with E-state index in [1.807, 2.05) is 18.9 Å². The van der Waals surface area contributed by atoms with Gasteiger partial charge in [0.2, 0.25) is 11.8 Å². The van der Waals surface area contributed by atoms with Crippen LogP contribution >= 0.6 is 0 Å². The third-order valence-electron chi connectivity index (χ3n) is 5.91. The first kappa shape index (κ1) is 30.7. The van der Waals surface area contributed by atoms with Crippen LogP contribution in [0.1, 0.15) is 75.8 Å². The Morgan fingerprint density at radius 1 is 0.921 bits per heavy atom. The molecule has 0 fully saturated rings. The van der Waals surface area contributed by atoms with Crippen molar-refractivity contribution in [2.75, 3.05) is 19.8 Å². The third kappa shape index (κ3) is 10.8. The highest BCUT2D eigenvalue weighted by Crippen LogP contribution is 2.31. The maximum Gasteiger partial charge on any atom is 0.333 e. The lowest BCUT2D eigenvalue weighted by atomic mass is 10.0. The largest absolute Gasteiger partial charge is 0.478 e. The number of halogens is 2. The maximum atomic E-state index is 13.5. The molecule has 0 N–H and O–H groups in total. The molecule has 0 atom stereocenters. The normalized spacial score (nSPS) is 11.8. The van der Waals surface area contributed by atoms with Crippen LogP contribution in [0.25, 0.3) is 11.6 Å². The summed E-state index contributed by atoms with van der Waals surface area (Å²) < 4.78 is 43.6. The van der Waals surface area contributed by atoms with Crippen LogP contribution in [0, 0.1) is 11.6 Å². The van der Waals surface area contributed by atoms with Crippen LogP contribution in [-0.4, -0.2) is 37.6 Å². The second kappa shape index (κ2) is 17.1. The van der Waals surface area contributed by atoms with Crippen LogP contribution in [0.3, 0.4) is 0 Å². The first-order chi connectivity index (χ1) is 18.4. The van der Waals surface area contributed by atoms with E-state index in [1.165, 1.54) is 37.8 Å². The molecule has 2 heterocycles. The maximum absolute atomic E-state index is 13.5. The SMILES string of the molecule is C=C(C)C(=O)OCCCCCCCCCCCOc1ccc2c(n1)OCC(c1cc(F)cc(F)c1)=C2.C=O. The van der Waals surface area contributed by atoms with Crippen LogP contribution < -0.4 is 9.47 Å². The van der Waals surface area contributed by atoms with E-state index in [4.69, 9.17) is 19.0 Å². The number of benzene rings is 1. The summed E-state index contributed by atoms with van der Waals surface area (Å²) in [5.41, 5.74) is 2.35. The number of hydrogen-bond acceptors (Lipinski definition) is 6. The number of esters is 1. The number of carbonyl (C=O) groups excluding carboxylic acids is 2. The Balaban J connectivity index is 0.00000247. The molecule has 1 aromatic carbocycles. The van der Waals surface area contributed by atoms with Crippen molar-refractivity contribution in [1.82, 2.24) is 4.98 Å². The topological polar surface area (TPSA) is 74.7 Å². The number of pyridine rings is 1. The second-order valence-corrected chi connectivity index (χ2v) is 9.11. The van der Waals surface area contributed by atoms with Gasteiger partial charge in [-0.15, -0.1) is 0 Å². The highest BCUT2D eigenvalue weighted by molar-refractivity contribution is 5.87. The van der Waals surface area contributed by atoms with Crippen molar-refractivity contribution in [1.29, 1.82) is 0 Å². The van der Waals surface area contributed by atoms with Crippen molar-refractivity contribution >= 4 is 24.4 Å². The van der Waals surface area contributed by atoms with Crippen molar-refractivity contribution in [3.8, 4) is 11.8 Å². The van der Waals surface area contributed by atoms with Crippen LogP contribution in [0.2, 0.25) is 0 Å². The fourth-order valence-corrected chi connectivity index (χ4v) is 3.93. The van der Waals surface area contributed by atoms with Gasteiger partial charge in [0.05, 0.1) is 13.2 Å². The molecule has 0 unspecified atom stereocenters. The van der Waals surface area contributed by atoms with E-state index in [9.17, 15) is 13.6 Å². The summed E-state index contributed by atoms with van der Waals surface area (Å²) in [5, 5.41) is 0. The third-order valence-corrected chi connectivity index (χ3v) is 5.91. The molecule has 3 rings (SSSR count). The fourth-order valence-electron chi connectivity index (χ4n) is 3.93. The summed E-state index contributed by atoms with van der Waals surface area (Å²) in [6, 6.07) is 7.07. The second-order valence-electron chi connectivity index (χ2n) is 9.11. The molecule has 2 aromatic rings. The van der Waals surface area contributed by atoms with E-state index < -0.39 is 11.6 Å². The molecule has 0 aliphatic carbocycles. The Kier molecular flexibility index (Phi) is 13.8. The lowest BCUT2D eigenvalue weighted by Gasteiger charge is -2.18. The van der Waals surface area contributed by atoms with E-state index in [2.05, 4.69) is 11.6 Å². The zero-order valence-corrected chi connectivity index (χ0v) is 22.1. The Labute approximate surface area is 223 Å². The summed E-state index contributed by atoms with van der Waals surface area (Å²) in [5.74, 6) is -0.566. The highest BCUT2D eigenvalue weighted by Gasteiger charge is 2.16. The summed E-state index contributed by atoms with van der Waals surface area (Å²) >= 11 is 0. The Bertz CT molecular complexity index is 1070. The van der Waals surface area contributed by atoms with E-state index >= 15 is 0 Å². The van der Waals surface area contributed by atoms with Crippen LogP contribution in [-0.2, 0) is 14.3 Å². The molecule has 1 aliphatic rings. The number of hydrogen-bond donors (Lipinski definition) is 0. The minimum absolute atomic E-state index is 0.189. The highest BCUT2D eigenvalue weighted by atomic mass is 19.1. The summed E-state index contributed by atoms with van der Waals surface area (Å²) in [6.45, 7) is 8.49. The fraction of sp³-hybridized carbons (Fsp3) is 0.433. The van der Waals surface area contributed by atoms with Crippen LogP contribution in [0.4, 0.5) is 8.78 Å². The first-order valence-corrected chi connectivity index (χ1v) is 13.0. The minimum Gasteiger partial charge on any atom is -0.478 e. The average molecular weight is 530 g/mol. The quantitative estimate of drug-likeness (QED) is 0.139. The van der Waals surface area contributed by atoms with Crippen molar-refractivity contribution in [2.24, 2.45) is 0 Å². The van der Waals surface area contributed by atoms with E-state index in [1.54, 1.807) is 13.0 Å². The zero-order chi connectivity index (χ0) is 27.8. The van der Waals surface area contributed by atoms with Gasteiger partial charge in [-0.05, 0) is 55.2 Å². The molecule has 0 saturated heterocycles. The van der Waals surface area contributed by atoms with Crippen molar-refractivity contribution in [2.45, 2.75) is 64.7 Å². The smallest absolute Gasteiger partial charge is 0.333 e. The Morgan fingerprint density at radius 3 is 2.11 bits per heavy atom. The number of carbonyl (C=O) groups is 2. The number of aromatic nitrogens is 1. The number of nitrogens with zero attached hydrogens (tertiary/aromatic N) is 1. The van der Waals surface area contributed by atoms with Gasteiger partial charge in [-0.2, -0.15) is 4.98 Å². The summed E-state index contributed by atoms with van der Waals surface area (Å²) in [6.07, 6.45) is 11.9. The molecule has 8 heteroatoms. The number of rotatable bonds is 15. The molecule has 1 aromatic heterocycles. The predicted molar refractivity (Wildman–Crippen MR) is 144 cm³/mol. The molecule has 1 aliphatic heterocycles. The lowest BCUT2D eigenvalue weighted by molar-refractivity contribution is -0.139. The molecular weight excluding hydrogens is 492 g/mol. The molecule has 206 valence electrons. The van der Waals surface area contributed by atoms with Crippen molar-refractivity contribution in [3.63, 3.8) is 0 Å². The van der Waals surface area contributed by atoms with Gasteiger partial charge in [0.15, 0.2) is 0 Å². The van der Waals surface area contributed by atoms with Gasteiger partial charge in [0.1, 0.15) is 25.0 Å². The van der Waals surface area contributed by atoms with Crippen molar-refractivity contribution in [3.05, 3.63) is 65.2 Å². The average Bonchev–Trinajstić information content (AvgIpc) is 2.91. The minimum atomic E-state index is -0.616. The number of ether oxygens (including phenoxy) is 3. The summed E-state index contributed by atoms with van der Waals surface area (Å²) in [7, 11) is 0. The van der Waals surface area contributed by atoms with E-state index in [0.29, 0.717) is 41.7 Å². The Hall–Kier alpha value is -3.55. The molecule has 0 radical (unpaired) electrons. The van der Waals surface area contributed by atoms with Crippen LogP contribution in [0.15, 0.2) is 42.5 Å². The predicted octanol–water partition coefficient (Wildman–Crippen LogP) is 7.12. The van der Waals surface area contributed by atoms with Gasteiger partial charge in [-0.1, -0.05) is 51.5 Å². The van der Waals surface area contributed by atoms with E-state index in [0.717, 1.165) is 43.7 Å². The monoisotopic (exact) mass is 529 g/mol. The first-order valence-electron chi connectivity index (χ1n) is 13.0. The molecule has 0 bridgehead atoms. The number of fused-ring (bicyclic) bond motifs is 1. The molecular formula is C30H37F2NO5. The van der Waals surface area contributed by atoms with Gasteiger partial charge in [0, 0.05) is 23.3 Å². The summed E-state index contributed by atoms with van der Waals surface area (Å²) in [4.78, 5) is 23.7. The van der Waals surface area contributed by atoms with Gasteiger partial charge >= 0.3 is 5.97 Å². The molecule has 0 saturated carbocycles. The standard InChI is InChI=1S/C29H35F2NO4.CH2O/c1-21(2)29(33)35-15-11-9-7-5-3-4-6-8-10-14-34-27-13-12-22-16-24(20-36-28(22)32-27)23-17-25(30)19-26(31)18-23;1-2/h12-13,16-19H,1,3-11,14-15,20H2,2H3;1H2. The zero-order valence-electron chi connectivity index (χ0n) is 22.1. The van der Waals surface area contributed by atoms with Crippen LogP contribution in [0.5, 0.6) is 11.8 Å². The van der Waals surface area contributed by atoms with Gasteiger partial charge in [-0.25, -0.2) is 13.6 Å². The number of unbranched alkanes of at least 4 members (excludes halogenated alkanes) is 8.